The smallest absolute Gasteiger partial charge is 0.256 e. The molecule has 1 amide bonds. The first kappa shape index (κ1) is 18.3. The molecule has 0 saturated heterocycles. The Hall–Kier alpha value is -3.04. The predicted octanol–water partition coefficient (Wildman–Crippen LogP) is 5.86. The molecule has 140 valence electrons. The van der Waals surface area contributed by atoms with Crippen molar-refractivity contribution >= 4 is 40.5 Å². The highest BCUT2D eigenvalue weighted by Crippen LogP contribution is 2.35. The predicted molar refractivity (Wildman–Crippen MR) is 118 cm³/mol. The Kier molecular flexibility index (Phi) is 5.18. The molecule has 0 spiro atoms. The summed E-state index contributed by atoms with van der Waals surface area (Å²) in [5.41, 5.74) is 5.76. The third-order valence-corrected chi connectivity index (χ3v) is 5.17. The Balaban J connectivity index is 1.57. The van der Waals surface area contributed by atoms with Crippen molar-refractivity contribution in [3.63, 3.8) is 0 Å². The molecular formula is C24H21ClN2O. The summed E-state index contributed by atoms with van der Waals surface area (Å²) in [4.78, 5) is 14.7. The molecule has 3 nitrogen and oxygen atoms in total. The molecule has 4 rings (SSSR count). The molecule has 3 aromatic carbocycles. The van der Waals surface area contributed by atoms with Crippen molar-refractivity contribution in [2.75, 3.05) is 16.8 Å². The third kappa shape index (κ3) is 3.80. The molecule has 1 heterocycles. The normalized spacial score (nSPS) is 14.1. The van der Waals surface area contributed by atoms with Crippen molar-refractivity contribution in [1.29, 1.82) is 0 Å². The van der Waals surface area contributed by atoms with Gasteiger partial charge in [-0.1, -0.05) is 60.1 Å². The van der Waals surface area contributed by atoms with Crippen LogP contribution >= 0.6 is 11.6 Å². The van der Waals surface area contributed by atoms with Crippen LogP contribution in [0.15, 0.2) is 72.8 Å². The fourth-order valence-corrected chi connectivity index (χ4v) is 3.62. The number of benzene rings is 3. The minimum atomic E-state index is -0.0967. The average molecular weight is 389 g/mol. The van der Waals surface area contributed by atoms with E-state index in [9.17, 15) is 4.79 Å². The first-order chi connectivity index (χ1) is 13.6. The van der Waals surface area contributed by atoms with Crippen molar-refractivity contribution in [1.82, 2.24) is 0 Å². The van der Waals surface area contributed by atoms with E-state index in [0.717, 1.165) is 35.6 Å². The number of amides is 1. The summed E-state index contributed by atoms with van der Waals surface area (Å²) >= 11 is 6.02. The minimum absolute atomic E-state index is 0.0967. The minimum Gasteiger partial charge on any atom is -0.367 e. The summed E-state index contributed by atoms with van der Waals surface area (Å²) in [7, 11) is 0. The van der Waals surface area contributed by atoms with E-state index in [2.05, 4.69) is 65.7 Å². The Bertz CT molecular complexity index is 1030. The van der Waals surface area contributed by atoms with E-state index in [0.29, 0.717) is 10.6 Å². The summed E-state index contributed by atoms with van der Waals surface area (Å²) in [5, 5.41) is 3.49. The molecule has 4 heteroatoms. The van der Waals surface area contributed by atoms with E-state index in [1.807, 2.05) is 18.2 Å². The number of anilines is 2. The fourth-order valence-electron chi connectivity index (χ4n) is 3.45. The van der Waals surface area contributed by atoms with Gasteiger partial charge in [0.05, 0.1) is 5.69 Å². The molecule has 0 radical (unpaired) electrons. The molecule has 0 unspecified atom stereocenters. The number of hydrogen-bond acceptors (Lipinski definition) is 2. The Morgan fingerprint density at radius 2 is 1.75 bits per heavy atom. The topological polar surface area (TPSA) is 32.3 Å². The second-order valence-electron chi connectivity index (χ2n) is 6.79. The molecule has 1 aliphatic heterocycles. The molecule has 1 aliphatic rings. The molecule has 0 atom stereocenters. The van der Waals surface area contributed by atoms with Gasteiger partial charge in [-0.3, -0.25) is 4.79 Å². The maximum absolute atomic E-state index is 12.3. The van der Waals surface area contributed by atoms with Crippen LogP contribution < -0.4 is 10.2 Å². The summed E-state index contributed by atoms with van der Waals surface area (Å²) in [6, 6.07) is 24.2. The fraction of sp³-hybridized carbons (Fsp3) is 0.125. The summed E-state index contributed by atoms with van der Waals surface area (Å²) in [5.74, 6) is -0.0967. The van der Waals surface area contributed by atoms with Gasteiger partial charge in [0.15, 0.2) is 0 Å². The van der Waals surface area contributed by atoms with Crippen molar-refractivity contribution in [2.24, 2.45) is 0 Å². The van der Waals surface area contributed by atoms with E-state index in [-0.39, 0.29) is 5.91 Å². The van der Waals surface area contributed by atoms with Crippen LogP contribution in [0, 0.1) is 0 Å². The number of nitrogens with zero attached hydrogens (tertiary/aromatic N) is 1. The van der Waals surface area contributed by atoms with Crippen LogP contribution in [0.1, 0.15) is 23.6 Å². The van der Waals surface area contributed by atoms with Gasteiger partial charge < -0.3 is 10.2 Å². The molecular weight excluding hydrogens is 368 g/mol. The van der Waals surface area contributed by atoms with Crippen molar-refractivity contribution in [3.8, 4) is 0 Å². The van der Waals surface area contributed by atoms with E-state index >= 15 is 0 Å². The van der Waals surface area contributed by atoms with E-state index in [4.69, 9.17) is 11.6 Å². The lowest BCUT2D eigenvalue weighted by Crippen LogP contribution is -2.21. The van der Waals surface area contributed by atoms with Gasteiger partial charge in [-0.2, -0.15) is 0 Å². The molecule has 28 heavy (non-hydrogen) atoms. The Labute approximate surface area is 170 Å². The molecule has 0 fully saturated rings. The van der Waals surface area contributed by atoms with Crippen molar-refractivity contribution < 1.29 is 4.79 Å². The van der Waals surface area contributed by atoms with Crippen LogP contribution in [0.2, 0.25) is 5.02 Å². The zero-order chi connectivity index (χ0) is 19.5. The van der Waals surface area contributed by atoms with Gasteiger partial charge in [-0.15, -0.1) is 0 Å². The lowest BCUT2D eigenvalue weighted by atomic mass is 10.0. The Morgan fingerprint density at radius 3 is 2.46 bits per heavy atom. The van der Waals surface area contributed by atoms with Crippen LogP contribution in [-0.4, -0.2) is 12.5 Å². The number of halogens is 1. The first-order valence-corrected chi connectivity index (χ1v) is 9.74. The SMILES string of the molecule is CCN(Cc1ccccc1)c1ccc(/C=C2\C(=O)Nc3cc(Cl)ccc32)cc1. The maximum Gasteiger partial charge on any atom is 0.256 e. The molecule has 1 N–H and O–H groups in total. The summed E-state index contributed by atoms with van der Waals surface area (Å²) < 4.78 is 0. The number of fused-ring (bicyclic) bond motifs is 1. The Morgan fingerprint density at radius 1 is 1.00 bits per heavy atom. The van der Waals surface area contributed by atoms with Gasteiger partial charge in [0.1, 0.15) is 0 Å². The maximum atomic E-state index is 12.3. The summed E-state index contributed by atoms with van der Waals surface area (Å²) in [6.45, 7) is 3.95. The van der Waals surface area contributed by atoms with Gasteiger partial charge in [-0.05, 0) is 48.4 Å². The highest BCUT2D eigenvalue weighted by atomic mass is 35.5. The number of carbonyl (C=O) groups excluding carboxylic acids is 1. The van der Waals surface area contributed by atoms with Gasteiger partial charge >= 0.3 is 0 Å². The number of nitrogens with one attached hydrogen (secondary N) is 1. The van der Waals surface area contributed by atoms with Gasteiger partial charge in [0.2, 0.25) is 0 Å². The molecule has 3 aromatic rings. The monoisotopic (exact) mass is 388 g/mol. The average Bonchev–Trinajstić information content (AvgIpc) is 3.02. The molecule has 0 saturated carbocycles. The van der Waals surface area contributed by atoms with E-state index in [1.165, 1.54) is 5.56 Å². The van der Waals surface area contributed by atoms with Crippen LogP contribution in [0.5, 0.6) is 0 Å². The van der Waals surface area contributed by atoms with Crippen molar-refractivity contribution in [3.05, 3.63) is 94.5 Å². The second kappa shape index (κ2) is 7.91. The van der Waals surface area contributed by atoms with Crippen LogP contribution in [-0.2, 0) is 11.3 Å². The van der Waals surface area contributed by atoms with Crippen molar-refractivity contribution in [2.45, 2.75) is 13.5 Å². The van der Waals surface area contributed by atoms with Gasteiger partial charge in [0.25, 0.3) is 5.91 Å². The van der Waals surface area contributed by atoms with Gasteiger partial charge in [0, 0.05) is 34.9 Å². The van der Waals surface area contributed by atoms with Crippen LogP contribution in [0.4, 0.5) is 11.4 Å². The second-order valence-corrected chi connectivity index (χ2v) is 7.23. The zero-order valence-corrected chi connectivity index (χ0v) is 16.4. The van der Waals surface area contributed by atoms with Crippen LogP contribution in [0.3, 0.4) is 0 Å². The van der Waals surface area contributed by atoms with Crippen LogP contribution in [0.25, 0.3) is 11.6 Å². The molecule has 0 bridgehead atoms. The number of hydrogen-bond donors (Lipinski definition) is 1. The quantitative estimate of drug-likeness (QED) is 0.555. The standard InChI is InChI=1S/C24H21ClN2O/c1-2-27(16-18-6-4-3-5-7-18)20-11-8-17(9-12-20)14-22-21-13-10-19(25)15-23(21)26-24(22)28/h3-15H,2,16H2,1H3,(H,26,28)/b22-14-. The summed E-state index contributed by atoms with van der Waals surface area (Å²) in [6.07, 6.45) is 1.92. The highest BCUT2D eigenvalue weighted by molar-refractivity contribution is 6.36. The lowest BCUT2D eigenvalue weighted by Gasteiger charge is -2.23. The number of rotatable bonds is 5. The zero-order valence-electron chi connectivity index (χ0n) is 15.7. The van der Waals surface area contributed by atoms with E-state index in [1.54, 1.807) is 12.1 Å². The molecule has 0 aromatic heterocycles. The lowest BCUT2D eigenvalue weighted by molar-refractivity contribution is -0.110. The largest absolute Gasteiger partial charge is 0.367 e. The van der Waals surface area contributed by atoms with Gasteiger partial charge in [-0.25, -0.2) is 0 Å². The van der Waals surface area contributed by atoms with E-state index < -0.39 is 0 Å². The first-order valence-electron chi connectivity index (χ1n) is 9.36. The third-order valence-electron chi connectivity index (χ3n) is 4.93. The number of carbonyl (C=O) groups is 1. The highest BCUT2D eigenvalue weighted by Gasteiger charge is 2.24. The molecule has 0 aliphatic carbocycles.